The molecule has 0 aliphatic rings. The van der Waals surface area contributed by atoms with Crippen LogP contribution in [0.5, 0.6) is 0 Å². The summed E-state index contributed by atoms with van der Waals surface area (Å²) in [4.78, 5) is 11.7. The molecule has 3 N–H and O–H groups in total. The molecular formula is C14H18N2O2. The summed E-state index contributed by atoms with van der Waals surface area (Å²) in [6.07, 6.45) is 0.724. The minimum atomic E-state index is -0.404. The molecule has 1 rings (SSSR count). The summed E-state index contributed by atoms with van der Waals surface area (Å²) < 4.78 is 0. The highest BCUT2D eigenvalue weighted by Crippen LogP contribution is 2.03. The molecule has 0 unspecified atom stereocenters. The SMILES string of the molecule is CC(=N)C(C(=O)NCCc1ccccc1)=C(C)O. The van der Waals surface area contributed by atoms with Gasteiger partial charge < -0.3 is 15.8 Å². The largest absolute Gasteiger partial charge is 0.512 e. The maximum absolute atomic E-state index is 11.7. The van der Waals surface area contributed by atoms with Gasteiger partial charge in [0.25, 0.3) is 5.91 Å². The van der Waals surface area contributed by atoms with Gasteiger partial charge in [0.2, 0.25) is 0 Å². The summed E-state index contributed by atoms with van der Waals surface area (Å²) in [5.41, 5.74) is 1.24. The van der Waals surface area contributed by atoms with E-state index in [0.29, 0.717) is 6.54 Å². The van der Waals surface area contributed by atoms with Gasteiger partial charge >= 0.3 is 0 Å². The number of nitrogens with one attached hydrogen (secondary N) is 2. The Hall–Kier alpha value is -2.10. The quantitative estimate of drug-likeness (QED) is 0.423. The van der Waals surface area contributed by atoms with Crippen molar-refractivity contribution in [1.82, 2.24) is 5.32 Å². The Kier molecular flexibility index (Phi) is 5.11. The molecule has 4 heteroatoms. The first-order valence-electron chi connectivity index (χ1n) is 5.80. The fourth-order valence-corrected chi connectivity index (χ4v) is 1.66. The first-order valence-corrected chi connectivity index (χ1v) is 5.80. The molecule has 1 aromatic carbocycles. The van der Waals surface area contributed by atoms with E-state index in [1.165, 1.54) is 13.8 Å². The van der Waals surface area contributed by atoms with Crippen LogP contribution < -0.4 is 5.32 Å². The number of carbonyl (C=O) groups is 1. The molecule has 0 spiro atoms. The molecule has 0 saturated heterocycles. The van der Waals surface area contributed by atoms with Crippen LogP contribution in [0.1, 0.15) is 19.4 Å². The van der Waals surface area contributed by atoms with E-state index in [4.69, 9.17) is 5.41 Å². The molecule has 0 bridgehead atoms. The second-order valence-corrected chi connectivity index (χ2v) is 4.08. The summed E-state index contributed by atoms with van der Waals surface area (Å²) in [6.45, 7) is 3.36. The van der Waals surface area contributed by atoms with Crippen LogP contribution in [0.2, 0.25) is 0 Å². The van der Waals surface area contributed by atoms with Crippen LogP contribution in [0.3, 0.4) is 0 Å². The van der Waals surface area contributed by atoms with Gasteiger partial charge in [0.1, 0.15) is 5.76 Å². The van der Waals surface area contributed by atoms with Gasteiger partial charge in [-0.1, -0.05) is 30.3 Å². The Labute approximate surface area is 107 Å². The molecule has 96 valence electrons. The van der Waals surface area contributed by atoms with Crippen molar-refractivity contribution in [2.75, 3.05) is 6.54 Å². The molecule has 0 aromatic heterocycles. The number of aliphatic hydroxyl groups excluding tert-OH is 1. The molecule has 0 fully saturated rings. The molecule has 4 nitrogen and oxygen atoms in total. The van der Waals surface area contributed by atoms with E-state index in [9.17, 15) is 9.90 Å². The lowest BCUT2D eigenvalue weighted by molar-refractivity contribution is -0.117. The highest BCUT2D eigenvalue weighted by Gasteiger charge is 2.14. The summed E-state index contributed by atoms with van der Waals surface area (Å²) >= 11 is 0. The van der Waals surface area contributed by atoms with Crippen molar-refractivity contribution in [2.45, 2.75) is 20.3 Å². The van der Waals surface area contributed by atoms with Crippen molar-refractivity contribution < 1.29 is 9.90 Å². The monoisotopic (exact) mass is 246 g/mol. The average molecular weight is 246 g/mol. The number of aliphatic hydroxyl groups is 1. The molecule has 0 saturated carbocycles. The van der Waals surface area contributed by atoms with Crippen LogP contribution in [0.15, 0.2) is 41.7 Å². The summed E-state index contributed by atoms with van der Waals surface area (Å²) in [7, 11) is 0. The lowest BCUT2D eigenvalue weighted by Crippen LogP contribution is -2.30. The van der Waals surface area contributed by atoms with Crippen molar-refractivity contribution in [3.63, 3.8) is 0 Å². The highest BCUT2D eigenvalue weighted by atomic mass is 16.3. The maximum atomic E-state index is 11.7. The third-order valence-corrected chi connectivity index (χ3v) is 2.51. The fourth-order valence-electron chi connectivity index (χ4n) is 1.66. The Balaban J connectivity index is 2.52. The molecule has 18 heavy (non-hydrogen) atoms. The molecule has 1 amide bonds. The summed E-state index contributed by atoms with van der Waals surface area (Å²) in [6, 6.07) is 9.81. The maximum Gasteiger partial charge on any atom is 0.256 e. The lowest BCUT2D eigenvalue weighted by atomic mass is 10.1. The van der Waals surface area contributed by atoms with Crippen molar-refractivity contribution >= 4 is 11.6 Å². The molecule has 0 atom stereocenters. The predicted octanol–water partition coefficient (Wildman–Crippen LogP) is 2.22. The molecule has 0 heterocycles. The zero-order valence-corrected chi connectivity index (χ0v) is 10.7. The molecule has 0 aliphatic carbocycles. The van der Waals surface area contributed by atoms with E-state index in [1.807, 2.05) is 30.3 Å². The van der Waals surface area contributed by atoms with Crippen LogP contribution in [0.4, 0.5) is 0 Å². The van der Waals surface area contributed by atoms with Gasteiger partial charge in [-0.25, -0.2) is 0 Å². The van der Waals surface area contributed by atoms with E-state index >= 15 is 0 Å². The van der Waals surface area contributed by atoms with E-state index in [1.54, 1.807) is 0 Å². The Morgan fingerprint density at radius 2 is 1.89 bits per heavy atom. The van der Waals surface area contributed by atoms with Gasteiger partial charge in [-0.3, -0.25) is 4.79 Å². The third kappa shape index (κ3) is 4.05. The molecular weight excluding hydrogens is 228 g/mol. The normalized spacial score (nSPS) is 11.7. The third-order valence-electron chi connectivity index (χ3n) is 2.51. The van der Waals surface area contributed by atoms with Crippen LogP contribution in [0, 0.1) is 5.41 Å². The lowest BCUT2D eigenvalue weighted by Gasteiger charge is -2.08. The number of benzene rings is 1. The van der Waals surface area contributed by atoms with Crippen molar-refractivity contribution in [2.24, 2.45) is 0 Å². The second-order valence-electron chi connectivity index (χ2n) is 4.08. The van der Waals surface area contributed by atoms with Crippen LogP contribution in [-0.4, -0.2) is 23.3 Å². The van der Waals surface area contributed by atoms with Crippen LogP contribution in [0.25, 0.3) is 0 Å². The number of hydrogen-bond acceptors (Lipinski definition) is 3. The number of hydrogen-bond donors (Lipinski definition) is 3. The van der Waals surface area contributed by atoms with E-state index in [-0.39, 0.29) is 17.0 Å². The molecule has 0 aliphatic heterocycles. The van der Waals surface area contributed by atoms with Crippen molar-refractivity contribution in [1.29, 1.82) is 5.41 Å². The van der Waals surface area contributed by atoms with Gasteiger partial charge in [-0.05, 0) is 25.8 Å². The second kappa shape index (κ2) is 6.59. The van der Waals surface area contributed by atoms with E-state index in [2.05, 4.69) is 5.32 Å². The Bertz CT molecular complexity index is 460. The molecule has 0 radical (unpaired) electrons. The first-order chi connectivity index (χ1) is 8.52. The average Bonchev–Trinajstić information content (AvgIpc) is 2.29. The van der Waals surface area contributed by atoms with Crippen molar-refractivity contribution in [3.8, 4) is 0 Å². The molecule has 1 aromatic rings. The van der Waals surface area contributed by atoms with Crippen LogP contribution >= 0.6 is 0 Å². The fraction of sp³-hybridized carbons (Fsp3) is 0.286. The van der Waals surface area contributed by atoms with Gasteiger partial charge in [-0.15, -0.1) is 0 Å². The first kappa shape index (κ1) is 14.0. The number of carbonyl (C=O) groups excluding carboxylic acids is 1. The zero-order chi connectivity index (χ0) is 13.5. The highest BCUT2D eigenvalue weighted by molar-refractivity contribution is 6.19. The Morgan fingerprint density at radius 1 is 1.28 bits per heavy atom. The Morgan fingerprint density at radius 3 is 2.39 bits per heavy atom. The van der Waals surface area contributed by atoms with Gasteiger partial charge in [0, 0.05) is 12.3 Å². The smallest absolute Gasteiger partial charge is 0.256 e. The standard InChI is InChI=1S/C14H18N2O2/c1-10(15)13(11(2)17)14(18)16-9-8-12-6-4-3-5-7-12/h3-7,15,17H,8-9H2,1-2H3,(H,16,18). The van der Waals surface area contributed by atoms with Crippen LogP contribution in [-0.2, 0) is 11.2 Å². The van der Waals surface area contributed by atoms with E-state index < -0.39 is 5.91 Å². The zero-order valence-electron chi connectivity index (χ0n) is 10.7. The predicted molar refractivity (Wildman–Crippen MR) is 71.9 cm³/mol. The number of allylic oxidation sites excluding steroid dienone is 1. The van der Waals surface area contributed by atoms with Gasteiger partial charge in [0.05, 0.1) is 5.57 Å². The van der Waals surface area contributed by atoms with Gasteiger partial charge in [0.15, 0.2) is 0 Å². The number of rotatable bonds is 5. The minimum Gasteiger partial charge on any atom is -0.512 e. The minimum absolute atomic E-state index is 0.0445. The number of amides is 1. The topological polar surface area (TPSA) is 73.2 Å². The van der Waals surface area contributed by atoms with Crippen molar-refractivity contribution in [3.05, 3.63) is 47.2 Å². The van der Waals surface area contributed by atoms with Gasteiger partial charge in [-0.2, -0.15) is 0 Å². The van der Waals surface area contributed by atoms with E-state index in [0.717, 1.165) is 12.0 Å². The summed E-state index contributed by atoms with van der Waals surface area (Å²) in [5.74, 6) is -0.529. The summed E-state index contributed by atoms with van der Waals surface area (Å²) in [5, 5.41) is 19.5.